The van der Waals surface area contributed by atoms with Gasteiger partial charge in [-0.05, 0) is 37.1 Å². The number of unbranched alkanes of at least 4 members (excludes halogenated alkanes) is 5. The minimum atomic E-state index is -1.03. The molecule has 198 valence electrons. The van der Waals surface area contributed by atoms with Crippen molar-refractivity contribution in [1.29, 1.82) is 0 Å². The van der Waals surface area contributed by atoms with Gasteiger partial charge >= 0.3 is 5.97 Å². The predicted molar refractivity (Wildman–Crippen MR) is 134 cm³/mol. The maximum Gasteiger partial charge on any atom is 0.333 e. The fourth-order valence-corrected chi connectivity index (χ4v) is 3.92. The van der Waals surface area contributed by atoms with E-state index in [-0.39, 0.29) is 18.5 Å². The highest BCUT2D eigenvalue weighted by Gasteiger charge is 2.22. The molecule has 0 aliphatic heterocycles. The van der Waals surface area contributed by atoms with Gasteiger partial charge in [-0.2, -0.15) is 0 Å². The highest BCUT2D eigenvalue weighted by atomic mass is 19.1. The van der Waals surface area contributed by atoms with Crippen molar-refractivity contribution < 1.29 is 33.0 Å². The number of benzene rings is 2. The molecule has 0 aliphatic rings. The van der Waals surface area contributed by atoms with Crippen LogP contribution in [0.1, 0.15) is 63.5 Å². The van der Waals surface area contributed by atoms with Crippen LogP contribution in [0.15, 0.2) is 42.5 Å². The Hall–Kier alpha value is -2.84. The standard InChI is InChI=1S/C28H37F2NO5/c1-3-5-6-7-8-9-16-31(19-22-12-13-23(29)18-25(22)30)27(20-32)36-24-14-10-21(11-15-24)17-26(28(33)34)35-4-2/h10-15,18,20,26-27H,3-9,16-17,19H2,1-2H3,(H,33,34)/t26-,27?/m1/s1. The van der Waals surface area contributed by atoms with Gasteiger partial charge in [0.25, 0.3) is 0 Å². The first kappa shape index (κ1) is 29.4. The summed E-state index contributed by atoms with van der Waals surface area (Å²) in [4.78, 5) is 25.1. The third-order valence-electron chi connectivity index (χ3n) is 5.91. The molecule has 0 saturated heterocycles. The summed E-state index contributed by atoms with van der Waals surface area (Å²) >= 11 is 0. The predicted octanol–water partition coefficient (Wildman–Crippen LogP) is 5.76. The van der Waals surface area contributed by atoms with Crippen molar-refractivity contribution in [3.05, 3.63) is 65.2 Å². The summed E-state index contributed by atoms with van der Waals surface area (Å²) in [5, 5.41) is 9.28. The molecule has 0 aliphatic carbocycles. The van der Waals surface area contributed by atoms with Gasteiger partial charge in [0.05, 0.1) is 0 Å². The second-order valence-corrected chi connectivity index (χ2v) is 8.75. The van der Waals surface area contributed by atoms with Crippen LogP contribution >= 0.6 is 0 Å². The van der Waals surface area contributed by atoms with Crippen molar-refractivity contribution in [2.24, 2.45) is 0 Å². The first-order valence-electron chi connectivity index (χ1n) is 12.6. The molecule has 0 radical (unpaired) electrons. The van der Waals surface area contributed by atoms with E-state index in [1.807, 2.05) is 0 Å². The molecule has 6 nitrogen and oxygen atoms in total. The van der Waals surface area contributed by atoms with E-state index < -0.39 is 29.9 Å². The number of aliphatic carboxylic acids is 1. The van der Waals surface area contributed by atoms with E-state index in [9.17, 15) is 23.5 Å². The van der Waals surface area contributed by atoms with Crippen LogP contribution in [-0.2, 0) is 27.3 Å². The van der Waals surface area contributed by atoms with E-state index in [0.29, 0.717) is 25.2 Å². The summed E-state index contributed by atoms with van der Waals surface area (Å²) in [6, 6.07) is 10.2. The Kier molecular flexibility index (Phi) is 13.1. The number of carbonyl (C=O) groups is 2. The third kappa shape index (κ3) is 10.0. The number of aldehydes is 1. The van der Waals surface area contributed by atoms with Crippen molar-refractivity contribution in [1.82, 2.24) is 4.90 Å². The monoisotopic (exact) mass is 505 g/mol. The van der Waals surface area contributed by atoms with Crippen molar-refractivity contribution in [3.8, 4) is 5.75 Å². The van der Waals surface area contributed by atoms with Gasteiger partial charge in [0.2, 0.25) is 6.23 Å². The molecule has 0 aromatic heterocycles. The summed E-state index contributed by atoms with van der Waals surface area (Å²) in [6.07, 6.45) is 5.32. The van der Waals surface area contributed by atoms with Gasteiger partial charge < -0.3 is 14.6 Å². The Morgan fingerprint density at radius 1 is 1.03 bits per heavy atom. The molecule has 1 unspecified atom stereocenters. The van der Waals surface area contributed by atoms with Crippen LogP contribution in [0.25, 0.3) is 0 Å². The molecule has 0 saturated carbocycles. The summed E-state index contributed by atoms with van der Waals surface area (Å²) < 4.78 is 38.9. The van der Waals surface area contributed by atoms with E-state index in [0.717, 1.165) is 43.7 Å². The van der Waals surface area contributed by atoms with Crippen LogP contribution in [0, 0.1) is 11.6 Å². The Morgan fingerprint density at radius 3 is 2.33 bits per heavy atom. The number of hydrogen-bond donors (Lipinski definition) is 1. The molecule has 0 heterocycles. The molecule has 0 spiro atoms. The number of rotatable bonds is 18. The van der Waals surface area contributed by atoms with Crippen molar-refractivity contribution >= 4 is 12.3 Å². The summed E-state index contributed by atoms with van der Waals surface area (Å²) in [5.41, 5.74) is 1.03. The fraction of sp³-hybridized carbons (Fsp3) is 0.500. The van der Waals surface area contributed by atoms with Crippen LogP contribution in [0.2, 0.25) is 0 Å². The number of carboxylic acid groups (broad SMARTS) is 1. The Bertz CT molecular complexity index is 938. The van der Waals surface area contributed by atoms with Gasteiger partial charge in [-0.15, -0.1) is 0 Å². The molecule has 36 heavy (non-hydrogen) atoms. The van der Waals surface area contributed by atoms with Gasteiger partial charge in [0.1, 0.15) is 17.4 Å². The minimum absolute atomic E-state index is 0.0945. The van der Waals surface area contributed by atoms with Gasteiger partial charge in [-0.3, -0.25) is 9.69 Å². The van der Waals surface area contributed by atoms with E-state index in [2.05, 4.69) is 6.92 Å². The fourth-order valence-electron chi connectivity index (χ4n) is 3.92. The normalized spacial score (nSPS) is 12.9. The highest BCUT2D eigenvalue weighted by Crippen LogP contribution is 2.20. The number of carboxylic acids is 1. The largest absolute Gasteiger partial charge is 0.479 e. The Balaban J connectivity index is 2.09. The Labute approximate surface area is 212 Å². The van der Waals surface area contributed by atoms with Crippen LogP contribution in [0.5, 0.6) is 5.75 Å². The van der Waals surface area contributed by atoms with Crippen molar-refractivity contribution in [3.63, 3.8) is 0 Å². The molecule has 0 fully saturated rings. The first-order valence-corrected chi connectivity index (χ1v) is 12.6. The summed E-state index contributed by atoms with van der Waals surface area (Å²) in [6.45, 7) is 4.79. The van der Waals surface area contributed by atoms with Crippen LogP contribution in [0.3, 0.4) is 0 Å². The molecule has 0 bridgehead atoms. The number of halogens is 2. The lowest BCUT2D eigenvalue weighted by Crippen LogP contribution is -2.41. The molecule has 1 N–H and O–H groups in total. The summed E-state index contributed by atoms with van der Waals surface area (Å²) in [5.74, 6) is -1.93. The Morgan fingerprint density at radius 2 is 1.72 bits per heavy atom. The van der Waals surface area contributed by atoms with E-state index in [4.69, 9.17) is 9.47 Å². The van der Waals surface area contributed by atoms with Crippen LogP contribution in [-0.4, -0.2) is 47.7 Å². The number of hydrogen-bond acceptors (Lipinski definition) is 5. The zero-order valence-corrected chi connectivity index (χ0v) is 21.1. The van der Waals surface area contributed by atoms with Gasteiger partial charge in [0, 0.05) is 37.7 Å². The van der Waals surface area contributed by atoms with Crippen molar-refractivity contribution in [2.75, 3.05) is 13.2 Å². The zero-order chi connectivity index (χ0) is 26.3. The van der Waals surface area contributed by atoms with E-state index >= 15 is 0 Å². The smallest absolute Gasteiger partial charge is 0.333 e. The first-order chi connectivity index (χ1) is 17.4. The van der Waals surface area contributed by atoms with Crippen LogP contribution in [0.4, 0.5) is 8.78 Å². The van der Waals surface area contributed by atoms with Crippen LogP contribution < -0.4 is 4.74 Å². The van der Waals surface area contributed by atoms with Gasteiger partial charge in [0.15, 0.2) is 12.4 Å². The van der Waals surface area contributed by atoms with E-state index in [1.54, 1.807) is 36.1 Å². The average Bonchev–Trinajstić information content (AvgIpc) is 2.86. The minimum Gasteiger partial charge on any atom is -0.479 e. The lowest BCUT2D eigenvalue weighted by molar-refractivity contribution is -0.149. The molecule has 8 heteroatoms. The molecule has 2 aromatic carbocycles. The quantitative estimate of drug-likeness (QED) is 0.158. The van der Waals surface area contributed by atoms with Crippen molar-refractivity contribution in [2.45, 2.75) is 77.7 Å². The average molecular weight is 506 g/mol. The second kappa shape index (κ2) is 16.0. The number of ether oxygens (including phenoxy) is 2. The number of carbonyl (C=O) groups excluding carboxylic acids is 1. The maximum absolute atomic E-state index is 14.3. The lowest BCUT2D eigenvalue weighted by Gasteiger charge is -2.28. The molecule has 0 amide bonds. The molecular formula is C28H37F2NO5. The molecule has 2 rings (SSSR count). The zero-order valence-electron chi connectivity index (χ0n) is 21.1. The highest BCUT2D eigenvalue weighted by molar-refractivity contribution is 5.72. The van der Waals surface area contributed by atoms with E-state index in [1.165, 1.54) is 18.6 Å². The maximum atomic E-state index is 14.3. The molecule has 2 aromatic rings. The SMILES string of the molecule is CCCCCCCCN(Cc1ccc(F)cc1F)C(C=O)Oc1ccc(C[C@@H](OCC)C(=O)O)cc1. The molecule has 2 atom stereocenters. The third-order valence-corrected chi connectivity index (χ3v) is 5.91. The molecular weight excluding hydrogens is 468 g/mol. The topological polar surface area (TPSA) is 76.1 Å². The lowest BCUT2D eigenvalue weighted by atomic mass is 10.1. The van der Waals surface area contributed by atoms with Gasteiger partial charge in [-0.1, -0.05) is 57.2 Å². The summed E-state index contributed by atoms with van der Waals surface area (Å²) in [7, 11) is 0. The van der Waals surface area contributed by atoms with Gasteiger partial charge in [-0.25, -0.2) is 13.6 Å². The second-order valence-electron chi connectivity index (χ2n) is 8.75. The number of nitrogens with zero attached hydrogens (tertiary/aromatic N) is 1.